The van der Waals surface area contributed by atoms with Crippen molar-refractivity contribution in [1.82, 2.24) is 9.55 Å². The van der Waals surface area contributed by atoms with Crippen LogP contribution in [-0.4, -0.2) is 14.4 Å². The fourth-order valence-electron chi connectivity index (χ4n) is 3.09. The van der Waals surface area contributed by atoms with Crippen LogP contribution in [0, 0.1) is 5.92 Å². The summed E-state index contributed by atoms with van der Waals surface area (Å²) in [5.41, 5.74) is 1.34. The van der Waals surface area contributed by atoms with Crippen molar-refractivity contribution in [1.29, 1.82) is 0 Å². The van der Waals surface area contributed by atoms with Crippen LogP contribution in [0.2, 0.25) is 0 Å². The van der Waals surface area contributed by atoms with Gasteiger partial charge >= 0.3 is 0 Å². The maximum Gasteiger partial charge on any atom is 0.0949 e. The van der Waals surface area contributed by atoms with Gasteiger partial charge in [0, 0.05) is 18.9 Å². The molecular weight excluding hydrogens is 244 g/mol. The monoisotopic (exact) mass is 262 g/mol. The van der Waals surface area contributed by atoms with Crippen molar-refractivity contribution in [2.75, 3.05) is 0 Å². The molecule has 0 aromatic carbocycles. The number of hydrogen-bond acceptors (Lipinski definition) is 1. The number of rotatable bonds is 3. The van der Waals surface area contributed by atoms with Gasteiger partial charge in [-0.1, -0.05) is 31.1 Å². The molecule has 1 atom stereocenters. The molecule has 1 aromatic heterocycles. The van der Waals surface area contributed by atoms with Gasteiger partial charge in [0.25, 0.3) is 0 Å². The third-order valence-electron chi connectivity index (χ3n) is 4.21. The largest absolute Gasteiger partial charge is 0.333 e. The third-order valence-corrected chi connectivity index (χ3v) is 4.80. The van der Waals surface area contributed by atoms with Crippen molar-refractivity contribution in [2.24, 2.45) is 5.92 Å². The Balaban J connectivity index is 1.66. The second-order valence-electron chi connectivity index (χ2n) is 5.46. The molecule has 0 saturated heterocycles. The first kappa shape index (κ1) is 12.0. The minimum absolute atomic E-state index is 0.116. The van der Waals surface area contributed by atoms with Crippen molar-refractivity contribution in [2.45, 2.75) is 43.5 Å². The SMILES string of the molecule is ClC1(C2CCCC2)C=CC(Cn2ccnc2)=CC1. The van der Waals surface area contributed by atoms with Gasteiger partial charge in [0.2, 0.25) is 0 Å². The van der Waals surface area contributed by atoms with Crippen LogP contribution in [-0.2, 0) is 6.54 Å². The van der Waals surface area contributed by atoms with Crippen LogP contribution in [0.5, 0.6) is 0 Å². The number of hydrogen-bond donors (Lipinski definition) is 0. The molecule has 0 aliphatic heterocycles. The zero-order valence-electron chi connectivity index (χ0n) is 10.6. The fourth-order valence-corrected chi connectivity index (χ4v) is 3.44. The van der Waals surface area contributed by atoms with Crippen LogP contribution in [0.1, 0.15) is 32.1 Å². The van der Waals surface area contributed by atoms with E-state index in [1.165, 1.54) is 31.3 Å². The smallest absolute Gasteiger partial charge is 0.0949 e. The van der Waals surface area contributed by atoms with E-state index in [2.05, 4.69) is 27.8 Å². The lowest BCUT2D eigenvalue weighted by Gasteiger charge is -2.31. The molecule has 1 saturated carbocycles. The van der Waals surface area contributed by atoms with E-state index in [0.717, 1.165) is 13.0 Å². The molecule has 1 aromatic rings. The minimum Gasteiger partial charge on any atom is -0.333 e. The summed E-state index contributed by atoms with van der Waals surface area (Å²) in [5.74, 6) is 0.668. The highest BCUT2D eigenvalue weighted by Gasteiger charge is 2.36. The van der Waals surface area contributed by atoms with Gasteiger partial charge in [0.05, 0.1) is 11.2 Å². The van der Waals surface area contributed by atoms with Crippen molar-refractivity contribution in [3.05, 3.63) is 42.5 Å². The first-order valence-corrected chi connectivity index (χ1v) is 7.17. The molecule has 0 spiro atoms. The summed E-state index contributed by atoms with van der Waals surface area (Å²) in [6.45, 7) is 0.897. The molecule has 3 heteroatoms. The number of halogens is 1. The highest BCUT2D eigenvalue weighted by atomic mass is 35.5. The van der Waals surface area contributed by atoms with Crippen LogP contribution in [0.15, 0.2) is 42.5 Å². The van der Waals surface area contributed by atoms with E-state index in [1.807, 2.05) is 18.7 Å². The van der Waals surface area contributed by atoms with Crippen LogP contribution in [0.3, 0.4) is 0 Å². The molecule has 2 nitrogen and oxygen atoms in total. The Hall–Kier alpha value is -1.02. The van der Waals surface area contributed by atoms with Crippen molar-refractivity contribution in [3.8, 4) is 0 Å². The van der Waals surface area contributed by atoms with E-state index in [0.29, 0.717) is 5.92 Å². The van der Waals surface area contributed by atoms with Crippen molar-refractivity contribution in [3.63, 3.8) is 0 Å². The third kappa shape index (κ3) is 2.39. The molecular formula is C15H19ClN2. The minimum atomic E-state index is -0.116. The summed E-state index contributed by atoms with van der Waals surface area (Å²) in [4.78, 5) is 3.95. The zero-order valence-corrected chi connectivity index (χ0v) is 11.3. The quantitative estimate of drug-likeness (QED) is 0.755. The molecule has 0 amide bonds. The lowest BCUT2D eigenvalue weighted by molar-refractivity contribution is 0.434. The Labute approximate surface area is 113 Å². The molecule has 96 valence electrons. The van der Waals surface area contributed by atoms with E-state index in [1.54, 1.807) is 0 Å². The molecule has 2 aliphatic rings. The molecule has 1 heterocycles. The van der Waals surface area contributed by atoms with Gasteiger partial charge in [-0.15, -0.1) is 11.6 Å². The second-order valence-corrected chi connectivity index (χ2v) is 6.16. The molecule has 0 bridgehead atoms. The number of allylic oxidation sites excluding steroid dienone is 4. The highest BCUT2D eigenvalue weighted by molar-refractivity contribution is 6.25. The molecule has 0 radical (unpaired) electrons. The molecule has 1 unspecified atom stereocenters. The first-order valence-electron chi connectivity index (χ1n) is 6.79. The van der Waals surface area contributed by atoms with Crippen LogP contribution >= 0.6 is 11.6 Å². The molecule has 18 heavy (non-hydrogen) atoms. The van der Waals surface area contributed by atoms with Gasteiger partial charge in [-0.05, 0) is 30.8 Å². The van der Waals surface area contributed by atoms with Crippen LogP contribution in [0.25, 0.3) is 0 Å². The summed E-state index contributed by atoms with van der Waals surface area (Å²) < 4.78 is 2.09. The average molecular weight is 263 g/mol. The Morgan fingerprint density at radius 1 is 1.39 bits per heavy atom. The summed E-state index contributed by atoms with van der Waals surface area (Å²) in [6.07, 6.45) is 18.6. The molecule has 0 N–H and O–H groups in total. The molecule has 2 aliphatic carbocycles. The maximum absolute atomic E-state index is 6.78. The second kappa shape index (κ2) is 4.93. The van der Waals surface area contributed by atoms with Crippen LogP contribution < -0.4 is 0 Å². The Morgan fingerprint density at radius 2 is 2.22 bits per heavy atom. The lowest BCUT2D eigenvalue weighted by Crippen LogP contribution is -2.29. The van der Waals surface area contributed by atoms with E-state index in [4.69, 9.17) is 11.6 Å². The standard InChI is InChI=1S/C15H19ClN2/c16-15(14-3-1-2-4-14)7-5-13(6-8-15)11-18-10-9-17-12-18/h5-7,9-10,12,14H,1-4,8,11H2. The van der Waals surface area contributed by atoms with Crippen LogP contribution in [0.4, 0.5) is 0 Å². The molecule has 3 rings (SSSR count). The Kier molecular flexibility index (Phi) is 3.29. The van der Waals surface area contributed by atoms with Crippen molar-refractivity contribution < 1.29 is 0 Å². The van der Waals surface area contributed by atoms with E-state index in [-0.39, 0.29) is 4.87 Å². The van der Waals surface area contributed by atoms with Gasteiger partial charge in [-0.25, -0.2) is 4.98 Å². The van der Waals surface area contributed by atoms with Gasteiger partial charge in [-0.2, -0.15) is 0 Å². The van der Waals surface area contributed by atoms with E-state index < -0.39 is 0 Å². The topological polar surface area (TPSA) is 17.8 Å². The predicted octanol–water partition coefficient (Wildman–Crippen LogP) is 3.94. The Morgan fingerprint density at radius 3 is 2.83 bits per heavy atom. The predicted molar refractivity (Wildman–Crippen MR) is 74.6 cm³/mol. The van der Waals surface area contributed by atoms with Gasteiger partial charge < -0.3 is 4.57 Å². The maximum atomic E-state index is 6.78. The lowest BCUT2D eigenvalue weighted by atomic mass is 9.83. The summed E-state index contributed by atoms with van der Waals surface area (Å²) in [7, 11) is 0. The highest BCUT2D eigenvalue weighted by Crippen LogP contribution is 2.43. The number of nitrogens with zero attached hydrogens (tertiary/aromatic N) is 2. The zero-order chi connectivity index (χ0) is 12.4. The fraction of sp³-hybridized carbons (Fsp3) is 0.533. The van der Waals surface area contributed by atoms with Gasteiger partial charge in [0.15, 0.2) is 0 Å². The first-order chi connectivity index (χ1) is 8.76. The average Bonchev–Trinajstić information content (AvgIpc) is 3.04. The summed E-state index contributed by atoms with van der Waals surface area (Å²) in [5, 5.41) is 0. The molecule has 1 fully saturated rings. The summed E-state index contributed by atoms with van der Waals surface area (Å²) >= 11 is 6.78. The van der Waals surface area contributed by atoms with Crippen molar-refractivity contribution >= 4 is 11.6 Å². The number of alkyl halides is 1. The summed E-state index contributed by atoms with van der Waals surface area (Å²) in [6, 6.07) is 0. The number of imidazole rings is 1. The normalized spacial score (nSPS) is 28.6. The van der Waals surface area contributed by atoms with Gasteiger partial charge in [-0.3, -0.25) is 0 Å². The Bertz CT molecular complexity index is 455. The van der Waals surface area contributed by atoms with E-state index >= 15 is 0 Å². The number of aromatic nitrogens is 2. The van der Waals surface area contributed by atoms with E-state index in [9.17, 15) is 0 Å². The van der Waals surface area contributed by atoms with Gasteiger partial charge in [0.1, 0.15) is 0 Å².